The van der Waals surface area contributed by atoms with Crippen molar-refractivity contribution in [3.8, 4) is 0 Å². The van der Waals surface area contributed by atoms with Crippen LogP contribution in [-0.4, -0.2) is 22.6 Å². The molecule has 0 atom stereocenters. The second kappa shape index (κ2) is 6.83. The van der Waals surface area contributed by atoms with Gasteiger partial charge in [-0.05, 0) is 12.5 Å². The van der Waals surface area contributed by atoms with Crippen LogP contribution in [0.15, 0.2) is 12.3 Å². The Bertz CT molecular complexity index is 383. The summed E-state index contributed by atoms with van der Waals surface area (Å²) in [6.45, 7) is 2.72. The van der Waals surface area contributed by atoms with Gasteiger partial charge >= 0.3 is 5.97 Å². The van der Waals surface area contributed by atoms with Crippen molar-refractivity contribution in [3.63, 3.8) is 0 Å². The van der Waals surface area contributed by atoms with E-state index >= 15 is 0 Å². The van der Waals surface area contributed by atoms with E-state index < -0.39 is 11.8 Å². The number of rotatable bonds is 7. The van der Waals surface area contributed by atoms with Gasteiger partial charge in [0.25, 0.3) is 0 Å². The van der Waals surface area contributed by atoms with E-state index in [0.29, 0.717) is 6.54 Å². The predicted octanol–water partition coefficient (Wildman–Crippen LogP) is 2.91. The number of nitrogens with zero attached hydrogens (tertiary/aromatic N) is 1. The Labute approximate surface area is 99.9 Å². The van der Waals surface area contributed by atoms with Gasteiger partial charge in [0, 0.05) is 12.7 Å². The second-order valence-corrected chi connectivity index (χ2v) is 3.81. The Balaban J connectivity index is 2.54. The van der Waals surface area contributed by atoms with Gasteiger partial charge in [-0.25, -0.2) is 14.2 Å². The van der Waals surface area contributed by atoms with Gasteiger partial charge < -0.3 is 10.4 Å². The monoisotopic (exact) mass is 240 g/mol. The fourth-order valence-corrected chi connectivity index (χ4v) is 1.49. The molecule has 0 spiro atoms. The maximum Gasteiger partial charge on any atom is 0.338 e. The Morgan fingerprint density at radius 1 is 1.47 bits per heavy atom. The molecule has 0 fully saturated rings. The summed E-state index contributed by atoms with van der Waals surface area (Å²) in [4.78, 5) is 14.5. The molecule has 0 saturated heterocycles. The van der Waals surface area contributed by atoms with E-state index in [2.05, 4.69) is 17.2 Å². The first kappa shape index (κ1) is 13.4. The normalized spacial score (nSPS) is 10.2. The quantitative estimate of drug-likeness (QED) is 0.719. The third-order valence-corrected chi connectivity index (χ3v) is 2.44. The van der Waals surface area contributed by atoms with Crippen LogP contribution < -0.4 is 5.32 Å². The number of carboxylic acids is 1. The highest BCUT2D eigenvalue weighted by atomic mass is 19.1. The summed E-state index contributed by atoms with van der Waals surface area (Å²) in [6.07, 6.45) is 5.57. The molecule has 1 rings (SSSR count). The summed E-state index contributed by atoms with van der Waals surface area (Å²) in [5.74, 6) is -2.06. The molecule has 0 aromatic carbocycles. The Hall–Kier alpha value is -1.65. The molecule has 0 aliphatic heterocycles. The molecule has 0 aliphatic carbocycles. The molecule has 94 valence electrons. The molecular formula is C12H17FN2O2. The molecule has 0 unspecified atom stereocenters. The number of anilines is 1. The number of carboxylic acid groups (broad SMARTS) is 1. The third-order valence-electron chi connectivity index (χ3n) is 2.44. The number of nitrogens with one attached hydrogen (secondary N) is 1. The number of hydrogen-bond donors (Lipinski definition) is 2. The minimum absolute atomic E-state index is 0.0152. The maximum atomic E-state index is 13.6. The topological polar surface area (TPSA) is 62.2 Å². The van der Waals surface area contributed by atoms with Crippen molar-refractivity contribution in [1.29, 1.82) is 0 Å². The molecule has 4 nitrogen and oxygen atoms in total. The lowest BCUT2D eigenvalue weighted by molar-refractivity contribution is 0.0692. The molecule has 17 heavy (non-hydrogen) atoms. The van der Waals surface area contributed by atoms with E-state index in [1.54, 1.807) is 0 Å². The Morgan fingerprint density at radius 2 is 2.24 bits per heavy atom. The van der Waals surface area contributed by atoms with Crippen molar-refractivity contribution < 1.29 is 14.3 Å². The fraction of sp³-hybridized carbons (Fsp3) is 0.500. The SMILES string of the molecule is CCCCCCNc1nccc(C(=O)O)c1F. The Morgan fingerprint density at radius 3 is 2.88 bits per heavy atom. The highest BCUT2D eigenvalue weighted by molar-refractivity contribution is 5.88. The molecule has 1 aromatic rings. The van der Waals surface area contributed by atoms with Crippen LogP contribution >= 0.6 is 0 Å². The summed E-state index contributed by atoms with van der Waals surface area (Å²) in [7, 11) is 0. The smallest absolute Gasteiger partial charge is 0.338 e. The zero-order valence-corrected chi connectivity index (χ0v) is 9.87. The molecule has 0 saturated carbocycles. The first-order valence-electron chi connectivity index (χ1n) is 5.78. The van der Waals surface area contributed by atoms with Crippen molar-refractivity contribution in [2.75, 3.05) is 11.9 Å². The van der Waals surface area contributed by atoms with E-state index in [-0.39, 0.29) is 11.4 Å². The second-order valence-electron chi connectivity index (χ2n) is 3.81. The van der Waals surface area contributed by atoms with Gasteiger partial charge in [-0.15, -0.1) is 0 Å². The van der Waals surface area contributed by atoms with Crippen LogP contribution in [-0.2, 0) is 0 Å². The minimum atomic E-state index is -1.28. The summed E-state index contributed by atoms with van der Waals surface area (Å²) in [5.41, 5.74) is -0.351. The van der Waals surface area contributed by atoms with Gasteiger partial charge in [0.2, 0.25) is 0 Å². The predicted molar refractivity (Wildman–Crippen MR) is 63.8 cm³/mol. The minimum Gasteiger partial charge on any atom is -0.478 e. The molecule has 2 N–H and O–H groups in total. The molecule has 5 heteroatoms. The summed E-state index contributed by atoms with van der Waals surface area (Å²) in [6, 6.07) is 1.15. The summed E-state index contributed by atoms with van der Waals surface area (Å²) < 4.78 is 13.6. The van der Waals surface area contributed by atoms with Gasteiger partial charge in [-0.3, -0.25) is 0 Å². The van der Waals surface area contributed by atoms with Crippen molar-refractivity contribution >= 4 is 11.8 Å². The van der Waals surface area contributed by atoms with Crippen LogP contribution in [0.1, 0.15) is 43.0 Å². The number of pyridine rings is 1. The van der Waals surface area contributed by atoms with Gasteiger partial charge in [0.15, 0.2) is 11.6 Å². The van der Waals surface area contributed by atoms with Crippen molar-refractivity contribution in [2.45, 2.75) is 32.6 Å². The number of carbonyl (C=O) groups is 1. The zero-order valence-electron chi connectivity index (χ0n) is 9.87. The van der Waals surface area contributed by atoms with Gasteiger partial charge in [0.05, 0.1) is 0 Å². The van der Waals surface area contributed by atoms with Crippen LogP contribution in [0, 0.1) is 5.82 Å². The average molecular weight is 240 g/mol. The van der Waals surface area contributed by atoms with Crippen molar-refractivity contribution in [3.05, 3.63) is 23.6 Å². The maximum absolute atomic E-state index is 13.6. The highest BCUT2D eigenvalue weighted by Gasteiger charge is 2.14. The van der Waals surface area contributed by atoms with Crippen LogP contribution in [0.2, 0.25) is 0 Å². The van der Waals surface area contributed by atoms with Crippen LogP contribution in [0.25, 0.3) is 0 Å². The first-order chi connectivity index (χ1) is 8.16. The first-order valence-corrected chi connectivity index (χ1v) is 5.78. The lowest BCUT2D eigenvalue weighted by atomic mass is 10.2. The highest BCUT2D eigenvalue weighted by Crippen LogP contribution is 2.15. The molecule has 0 aliphatic rings. The summed E-state index contributed by atoms with van der Waals surface area (Å²) in [5, 5.41) is 11.6. The average Bonchev–Trinajstić information content (AvgIpc) is 2.30. The van der Waals surface area contributed by atoms with Crippen LogP contribution in [0.4, 0.5) is 10.2 Å². The molecule has 1 aromatic heterocycles. The molecule has 0 amide bonds. The van der Waals surface area contributed by atoms with Crippen molar-refractivity contribution in [2.24, 2.45) is 0 Å². The Kier molecular flexibility index (Phi) is 5.39. The lowest BCUT2D eigenvalue weighted by Gasteiger charge is -2.07. The zero-order chi connectivity index (χ0) is 12.7. The summed E-state index contributed by atoms with van der Waals surface area (Å²) >= 11 is 0. The van der Waals surface area contributed by atoms with Gasteiger partial charge in [-0.1, -0.05) is 26.2 Å². The standard InChI is InChI=1S/C12H17FN2O2/c1-2-3-4-5-7-14-11-10(13)9(12(16)17)6-8-15-11/h6,8H,2-5,7H2,1H3,(H,14,15)(H,16,17). The largest absolute Gasteiger partial charge is 0.478 e. The van der Waals surface area contributed by atoms with E-state index in [4.69, 9.17) is 5.11 Å². The van der Waals surface area contributed by atoms with Gasteiger partial charge in [-0.2, -0.15) is 0 Å². The number of aromatic nitrogens is 1. The van der Waals surface area contributed by atoms with Gasteiger partial charge in [0.1, 0.15) is 5.56 Å². The fourth-order valence-electron chi connectivity index (χ4n) is 1.49. The molecule has 1 heterocycles. The van der Waals surface area contributed by atoms with Crippen LogP contribution in [0.3, 0.4) is 0 Å². The third kappa shape index (κ3) is 4.01. The molecule has 0 bridgehead atoms. The number of hydrogen-bond acceptors (Lipinski definition) is 3. The van der Waals surface area contributed by atoms with Crippen molar-refractivity contribution in [1.82, 2.24) is 4.98 Å². The van der Waals surface area contributed by atoms with E-state index in [1.165, 1.54) is 6.20 Å². The molecule has 0 radical (unpaired) electrons. The lowest BCUT2D eigenvalue weighted by Crippen LogP contribution is -2.09. The number of unbranched alkanes of at least 4 members (excludes halogenated alkanes) is 3. The van der Waals surface area contributed by atoms with Crippen LogP contribution in [0.5, 0.6) is 0 Å². The van der Waals surface area contributed by atoms with E-state index in [9.17, 15) is 9.18 Å². The number of aromatic carboxylic acids is 1. The van der Waals surface area contributed by atoms with E-state index in [0.717, 1.165) is 31.7 Å². The number of halogens is 1. The molecular weight excluding hydrogens is 223 g/mol. The van der Waals surface area contributed by atoms with E-state index in [1.807, 2.05) is 0 Å².